The Kier molecular flexibility index (Phi) is 4.50. The van der Waals surface area contributed by atoms with Crippen LogP contribution >= 0.6 is 0 Å². The third-order valence-electron chi connectivity index (χ3n) is 4.28. The van der Waals surface area contributed by atoms with Gasteiger partial charge in [-0.2, -0.15) is 5.10 Å². The number of hydrogen-bond acceptors (Lipinski definition) is 4. The Balaban J connectivity index is 1.64. The number of methoxy groups -OCH3 is 1. The van der Waals surface area contributed by atoms with Crippen LogP contribution in [0.25, 0.3) is 5.69 Å². The molecule has 1 heterocycles. The largest absolute Gasteiger partial charge is 0.497 e. The summed E-state index contributed by atoms with van der Waals surface area (Å²) in [5, 5.41) is 16.2. The van der Waals surface area contributed by atoms with E-state index in [4.69, 9.17) is 9.84 Å². The minimum atomic E-state index is -0.796. The number of carboxylic acid groups (broad SMARTS) is 1. The van der Waals surface area contributed by atoms with E-state index in [1.165, 1.54) is 0 Å². The molecule has 126 valence electrons. The van der Waals surface area contributed by atoms with Gasteiger partial charge in [0, 0.05) is 12.2 Å². The number of rotatable bonds is 5. The number of hydrogen-bond donors (Lipinski definition) is 2. The van der Waals surface area contributed by atoms with Crippen LogP contribution in [0, 0.1) is 5.92 Å². The van der Waals surface area contributed by atoms with E-state index in [1.807, 2.05) is 24.3 Å². The molecular weight excluding hydrogens is 310 g/mol. The zero-order chi connectivity index (χ0) is 17.1. The average Bonchev–Trinajstić information content (AvgIpc) is 3.24. The molecule has 7 nitrogen and oxygen atoms in total. The van der Waals surface area contributed by atoms with Crippen molar-refractivity contribution >= 4 is 11.9 Å². The molecule has 1 fully saturated rings. The van der Waals surface area contributed by atoms with Gasteiger partial charge in [-0.05, 0) is 49.6 Å². The molecule has 1 aliphatic rings. The van der Waals surface area contributed by atoms with E-state index >= 15 is 0 Å². The molecule has 0 saturated heterocycles. The quantitative estimate of drug-likeness (QED) is 0.873. The molecule has 3 rings (SSSR count). The number of aliphatic carboxylic acids is 1. The Labute approximate surface area is 139 Å². The number of carbonyl (C=O) groups excluding carboxylic acids is 1. The molecule has 0 radical (unpaired) electrons. The van der Waals surface area contributed by atoms with Crippen LogP contribution in [-0.2, 0) is 4.79 Å². The lowest BCUT2D eigenvalue weighted by Crippen LogP contribution is -2.33. The second-order valence-corrected chi connectivity index (χ2v) is 5.86. The molecule has 0 spiro atoms. The first-order valence-corrected chi connectivity index (χ1v) is 7.80. The average molecular weight is 329 g/mol. The molecule has 1 aromatic heterocycles. The molecule has 1 aliphatic carbocycles. The number of aromatic nitrogens is 2. The fourth-order valence-corrected chi connectivity index (χ4v) is 2.92. The predicted molar refractivity (Wildman–Crippen MR) is 86.3 cm³/mol. The van der Waals surface area contributed by atoms with Gasteiger partial charge in [0.15, 0.2) is 5.69 Å². The van der Waals surface area contributed by atoms with E-state index < -0.39 is 5.97 Å². The molecule has 2 N–H and O–H groups in total. The zero-order valence-corrected chi connectivity index (χ0v) is 13.3. The maximum atomic E-state index is 12.3. The van der Waals surface area contributed by atoms with Crippen molar-refractivity contribution in [2.24, 2.45) is 5.92 Å². The Morgan fingerprint density at radius 2 is 2.00 bits per heavy atom. The standard InChI is InChI=1S/C17H19N3O4/c1-24-14-6-4-13(5-7-14)20-9-8-15(19-20)16(21)18-12-3-2-11(10-12)17(22)23/h4-9,11-12H,2-3,10H2,1H3,(H,18,21)(H,22,23)/t11-,12+/m1/s1. The number of benzene rings is 1. The molecule has 0 bridgehead atoms. The lowest BCUT2D eigenvalue weighted by molar-refractivity contribution is -0.141. The summed E-state index contributed by atoms with van der Waals surface area (Å²) in [4.78, 5) is 23.2. The van der Waals surface area contributed by atoms with Crippen LogP contribution in [0.3, 0.4) is 0 Å². The first-order valence-electron chi connectivity index (χ1n) is 7.80. The molecule has 1 aromatic carbocycles. The zero-order valence-electron chi connectivity index (χ0n) is 13.3. The molecule has 1 amide bonds. The Hall–Kier alpha value is -2.83. The van der Waals surface area contributed by atoms with Gasteiger partial charge in [-0.1, -0.05) is 0 Å². The summed E-state index contributed by atoms with van der Waals surface area (Å²) in [5.74, 6) is -0.695. The molecule has 1 saturated carbocycles. The molecule has 24 heavy (non-hydrogen) atoms. The van der Waals surface area contributed by atoms with Crippen LogP contribution in [-0.4, -0.2) is 39.9 Å². The van der Waals surface area contributed by atoms with Gasteiger partial charge in [-0.15, -0.1) is 0 Å². The summed E-state index contributed by atoms with van der Waals surface area (Å²) in [7, 11) is 1.60. The lowest BCUT2D eigenvalue weighted by atomic mass is 10.1. The number of amides is 1. The monoisotopic (exact) mass is 329 g/mol. The van der Waals surface area contributed by atoms with Gasteiger partial charge < -0.3 is 15.2 Å². The molecule has 2 aromatic rings. The Morgan fingerprint density at radius 1 is 1.25 bits per heavy atom. The normalized spacial score (nSPS) is 19.9. The van der Waals surface area contributed by atoms with Crippen molar-refractivity contribution in [2.45, 2.75) is 25.3 Å². The smallest absolute Gasteiger partial charge is 0.306 e. The van der Waals surface area contributed by atoms with Gasteiger partial charge in [0.2, 0.25) is 0 Å². The summed E-state index contributed by atoms with van der Waals surface area (Å²) >= 11 is 0. The maximum absolute atomic E-state index is 12.3. The first kappa shape index (κ1) is 16.0. The minimum Gasteiger partial charge on any atom is -0.497 e. The maximum Gasteiger partial charge on any atom is 0.306 e. The van der Waals surface area contributed by atoms with E-state index in [9.17, 15) is 9.59 Å². The number of nitrogens with one attached hydrogen (secondary N) is 1. The fourth-order valence-electron chi connectivity index (χ4n) is 2.92. The highest BCUT2D eigenvalue weighted by Gasteiger charge is 2.30. The highest BCUT2D eigenvalue weighted by molar-refractivity contribution is 5.92. The lowest BCUT2D eigenvalue weighted by Gasteiger charge is -2.11. The van der Waals surface area contributed by atoms with Gasteiger partial charge in [-0.25, -0.2) is 4.68 Å². The Bertz CT molecular complexity index is 739. The van der Waals surface area contributed by atoms with E-state index in [0.29, 0.717) is 25.0 Å². The number of carboxylic acids is 1. The van der Waals surface area contributed by atoms with Gasteiger partial charge in [0.25, 0.3) is 5.91 Å². The van der Waals surface area contributed by atoms with Gasteiger partial charge in [-0.3, -0.25) is 9.59 Å². The summed E-state index contributed by atoms with van der Waals surface area (Å²) in [6.07, 6.45) is 3.47. The van der Waals surface area contributed by atoms with E-state index in [2.05, 4.69) is 10.4 Å². The van der Waals surface area contributed by atoms with Crippen LogP contribution in [0.1, 0.15) is 29.8 Å². The highest BCUT2D eigenvalue weighted by Crippen LogP contribution is 2.25. The molecule has 2 atom stereocenters. The van der Waals surface area contributed by atoms with Crippen LogP contribution in [0.5, 0.6) is 5.75 Å². The SMILES string of the molecule is COc1ccc(-n2ccc(C(=O)N[C@H]3CC[C@@H](C(=O)O)C3)n2)cc1. The number of nitrogens with zero attached hydrogens (tertiary/aromatic N) is 2. The first-order chi connectivity index (χ1) is 11.6. The van der Waals surface area contributed by atoms with Crippen LogP contribution in [0.15, 0.2) is 36.5 Å². The number of carbonyl (C=O) groups is 2. The summed E-state index contributed by atoms with van der Waals surface area (Å²) in [5.41, 5.74) is 1.13. The van der Waals surface area contributed by atoms with Crippen LogP contribution < -0.4 is 10.1 Å². The predicted octanol–water partition coefficient (Wildman–Crippen LogP) is 1.86. The third-order valence-corrected chi connectivity index (χ3v) is 4.28. The summed E-state index contributed by atoms with van der Waals surface area (Å²) in [6, 6.07) is 8.88. The van der Waals surface area contributed by atoms with Crippen molar-refractivity contribution in [2.75, 3.05) is 7.11 Å². The van der Waals surface area contributed by atoms with Crippen molar-refractivity contribution < 1.29 is 19.4 Å². The van der Waals surface area contributed by atoms with E-state index in [1.54, 1.807) is 24.1 Å². The highest BCUT2D eigenvalue weighted by atomic mass is 16.5. The van der Waals surface area contributed by atoms with Gasteiger partial charge in [0.05, 0.1) is 18.7 Å². The van der Waals surface area contributed by atoms with Crippen molar-refractivity contribution in [3.05, 3.63) is 42.2 Å². The third kappa shape index (κ3) is 3.40. The fraction of sp³-hybridized carbons (Fsp3) is 0.353. The topological polar surface area (TPSA) is 93.5 Å². The van der Waals surface area contributed by atoms with Crippen molar-refractivity contribution in [1.82, 2.24) is 15.1 Å². The molecule has 0 unspecified atom stereocenters. The van der Waals surface area contributed by atoms with E-state index in [0.717, 1.165) is 11.4 Å². The Morgan fingerprint density at radius 3 is 2.62 bits per heavy atom. The van der Waals surface area contributed by atoms with Crippen molar-refractivity contribution in [3.63, 3.8) is 0 Å². The molecule has 7 heteroatoms. The summed E-state index contributed by atoms with van der Waals surface area (Å²) in [6.45, 7) is 0. The van der Waals surface area contributed by atoms with Crippen LogP contribution in [0.4, 0.5) is 0 Å². The second kappa shape index (κ2) is 6.74. The molecular formula is C17H19N3O4. The second-order valence-electron chi connectivity index (χ2n) is 5.86. The van der Waals surface area contributed by atoms with E-state index in [-0.39, 0.29) is 17.9 Å². The van der Waals surface area contributed by atoms with Gasteiger partial charge >= 0.3 is 5.97 Å². The minimum absolute atomic E-state index is 0.107. The van der Waals surface area contributed by atoms with Crippen molar-refractivity contribution in [1.29, 1.82) is 0 Å². The van der Waals surface area contributed by atoms with Crippen LogP contribution in [0.2, 0.25) is 0 Å². The van der Waals surface area contributed by atoms with Gasteiger partial charge in [0.1, 0.15) is 5.75 Å². The number of ether oxygens (including phenoxy) is 1. The van der Waals surface area contributed by atoms with Crippen molar-refractivity contribution in [3.8, 4) is 11.4 Å². The summed E-state index contributed by atoms with van der Waals surface area (Å²) < 4.78 is 6.73. The molecule has 0 aliphatic heterocycles.